The summed E-state index contributed by atoms with van der Waals surface area (Å²) in [5, 5.41) is 0. The quantitative estimate of drug-likeness (QED) is 0.724. The third-order valence-corrected chi connectivity index (χ3v) is 1.77. The first kappa shape index (κ1) is 12.2. The number of hydrogen-bond acceptors (Lipinski definition) is 5. The Morgan fingerprint density at radius 2 is 1.94 bits per heavy atom. The first-order valence-electron chi connectivity index (χ1n) is 4.77. The molecule has 5 heteroatoms. The molecule has 1 rings (SSSR count). The second-order valence-corrected chi connectivity index (χ2v) is 3.26. The van der Waals surface area contributed by atoms with Crippen molar-refractivity contribution < 1.29 is 19.1 Å². The van der Waals surface area contributed by atoms with Gasteiger partial charge in [-0.2, -0.15) is 0 Å². The fourth-order valence-corrected chi connectivity index (χ4v) is 1.12. The van der Waals surface area contributed by atoms with Gasteiger partial charge in [0.15, 0.2) is 5.75 Å². The number of ether oxygens (including phenoxy) is 2. The van der Waals surface area contributed by atoms with Crippen molar-refractivity contribution in [2.75, 3.05) is 0 Å². The van der Waals surface area contributed by atoms with Crippen LogP contribution in [0.2, 0.25) is 0 Å². The van der Waals surface area contributed by atoms with E-state index in [0.29, 0.717) is 17.1 Å². The summed E-state index contributed by atoms with van der Waals surface area (Å²) in [7, 11) is 0. The molecular formula is C11H13NO4. The van der Waals surface area contributed by atoms with Gasteiger partial charge < -0.3 is 9.47 Å². The normalized spacial score (nSPS) is 9.69. The summed E-state index contributed by atoms with van der Waals surface area (Å²) in [4.78, 5) is 25.5. The van der Waals surface area contributed by atoms with Crippen LogP contribution in [-0.4, -0.2) is 16.9 Å². The van der Waals surface area contributed by atoms with Crippen LogP contribution in [-0.2, 0) is 20.9 Å². The van der Waals surface area contributed by atoms with Crippen LogP contribution in [0, 0.1) is 6.92 Å². The number of pyridine rings is 1. The maximum Gasteiger partial charge on any atom is 0.308 e. The number of nitrogens with zero attached hydrogens (tertiary/aromatic N) is 1. The molecule has 0 aromatic carbocycles. The van der Waals surface area contributed by atoms with Crippen molar-refractivity contribution in [2.45, 2.75) is 27.4 Å². The van der Waals surface area contributed by atoms with Crippen LogP contribution in [0.5, 0.6) is 5.75 Å². The third kappa shape index (κ3) is 3.68. The van der Waals surface area contributed by atoms with Crippen LogP contribution in [0.4, 0.5) is 0 Å². The summed E-state index contributed by atoms with van der Waals surface area (Å²) in [6.45, 7) is 4.50. The fraction of sp³-hybridized carbons (Fsp3) is 0.364. The molecule has 5 nitrogen and oxygen atoms in total. The molecule has 0 radical (unpaired) electrons. The molecule has 1 aromatic rings. The Bertz CT molecular complexity index is 414. The number of esters is 2. The highest BCUT2D eigenvalue weighted by Gasteiger charge is 2.06. The van der Waals surface area contributed by atoms with Gasteiger partial charge in [0.25, 0.3) is 0 Å². The molecule has 0 unspecified atom stereocenters. The summed E-state index contributed by atoms with van der Waals surface area (Å²) < 4.78 is 9.71. The Labute approximate surface area is 93.4 Å². The Hall–Kier alpha value is -1.91. The van der Waals surface area contributed by atoms with Crippen molar-refractivity contribution in [3.8, 4) is 5.75 Å². The highest BCUT2D eigenvalue weighted by molar-refractivity contribution is 5.69. The van der Waals surface area contributed by atoms with Crippen molar-refractivity contribution in [1.29, 1.82) is 0 Å². The van der Waals surface area contributed by atoms with Gasteiger partial charge in [0, 0.05) is 13.8 Å². The van der Waals surface area contributed by atoms with Gasteiger partial charge in [-0.1, -0.05) is 0 Å². The molecule has 0 amide bonds. The van der Waals surface area contributed by atoms with Gasteiger partial charge >= 0.3 is 11.9 Å². The lowest BCUT2D eigenvalue weighted by Gasteiger charge is -2.07. The molecule has 86 valence electrons. The van der Waals surface area contributed by atoms with E-state index < -0.39 is 5.97 Å². The van der Waals surface area contributed by atoms with E-state index in [-0.39, 0.29) is 12.6 Å². The van der Waals surface area contributed by atoms with Gasteiger partial charge in [-0.15, -0.1) is 0 Å². The van der Waals surface area contributed by atoms with E-state index in [1.165, 1.54) is 13.8 Å². The second kappa shape index (κ2) is 5.25. The summed E-state index contributed by atoms with van der Waals surface area (Å²) in [5.41, 5.74) is 1.20. The zero-order chi connectivity index (χ0) is 12.1. The Morgan fingerprint density at radius 1 is 1.25 bits per heavy atom. The van der Waals surface area contributed by atoms with Crippen molar-refractivity contribution in [1.82, 2.24) is 4.98 Å². The predicted molar refractivity (Wildman–Crippen MR) is 55.8 cm³/mol. The topological polar surface area (TPSA) is 65.5 Å². The van der Waals surface area contributed by atoms with Crippen LogP contribution >= 0.6 is 0 Å². The maximum atomic E-state index is 10.7. The van der Waals surface area contributed by atoms with Gasteiger partial charge in [0.05, 0.1) is 11.4 Å². The first-order chi connectivity index (χ1) is 7.49. The monoisotopic (exact) mass is 223 g/mol. The van der Waals surface area contributed by atoms with Gasteiger partial charge in [-0.3, -0.25) is 14.6 Å². The number of aryl methyl sites for hydroxylation is 1. The van der Waals surface area contributed by atoms with E-state index >= 15 is 0 Å². The summed E-state index contributed by atoms with van der Waals surface area (Å²) in [6.07, 6.45) is 0. The van der Waals surface area contributed by atoms with Gasteiger partial charge in [0.2, 0.25) is 0 Å². The maximum absolute atomic E-state index is 10.7. The van der Waals surface area contributed by atoms with Crippen LogP contribution in [0.25, 0.3) is 0 Å². The Morgan fingerprint density at radius 3 is 2.44 bits per heavy atom. The van der Waals surface area contributed by atoms with Crippen molar-refractivity contribution in [2.24, 2.45) is 0 Å². The molecule has 1 aromatic heterocycles. The molecular weight excluding hydrogens is 210 g/mol. The minimum absolute atomic E-state index is 0.122. The van der Waals surface area contributed by atoms with Crippen molar-refractivity contribution >= 4 is 11.9 Å². The Kier molecular flexibility index (Phi) is 3.99. The molecule has 0 N–H and O–H groups in total. The largest absolute Gasteiger partial charge is 0.459 e. The lowest BCUT2D eigenvalue weighted by atomic mass is 10.3. The molecule has 0 aliphatic rings. The molecule has 0 atom stereocenters. The van der Waals surface area contributed by atoms with E-state index in [0.717, 1.165) is 0 Å². The fourth-order valence-electron chi connectivity index (χ4n) is 1.12. The average molecular weight is 223 g/mol. The molecule has 0 bridgehead atoms. The lowest BCUT2D eigenvalue weighted by molar-refractivity contribution is -0.142. The highest BCUT2D eigenvalue weighted by Crippen LogP contribution is 2.16. The average Bonchev–Trinajstić information content (AvgIpc) is 2.18. The van der Waals surface area contributed by atoms with Gasteiger partial charge in [-0.05, 0) is 19.1 Å². The molecule has 0 saturated heterocycles. The lowest BCUT2D eigenvalue weighted by Crippen LogP contribution is -2.06. The minimum atomic E-state index is -0.391. The first-order valence-corrected chi connectivity index (χ1v) is 4.77. The van der Waals surface area contributed by atoms with Crippen LogP contribution in [0.3, 0.4) is 0 Å². The number of carbonyl (C=O) groups excluding carboxylic acids is 2. The summed E-state index contributed by atoms with van der Waals surface area (Å²) in [5.74, 6) is -0.333. The van der Waals surface area contributed by atoms with Gasteiger partial charge in [-0.25, -0.2) is 0 Å². The van der Waals surface area contributed by atoms with Crippen LogP contribution in [0.1, 0.15) is 25.2 Å². The molecule has 0 fully saturated rings. The number of hydrogen-bond donors (Lipinski definition) is 0. The van der Waals surface area contributed by atoms with Crippen molar-refractivity contribution in [3.63, 3.8) is 0 Å². The van der Waals surface area contributed by atoms with Crippen molar-refractivity contribution in [3.05, 3.63) is 23.5 Å². The van der Waals surface area contributed by atoms with E-state index in [9.17, 15) is 9.59 Å². The Balaban J connectivity index is 2.74. The standard InChI is InChI=1S/C11H13NO4/c1-7-11(16-9(3)14)5-4-10(12-7)6-15-8(2)13/h4-5H,6H2,1-3H3. The van der Waals surface area contributed by atoms with Crippen LogP contribution in [0.15, 0.2) is 12.1 Å². The summed E-state index contributed by atoms with van der Waals surface area (Å²) >= 11 is 0. The SMILES string of the molecule is CC(=O)OCc1ccc(OC(C)=O)c(C)n1. The highest BCUT2D eigenvalue weighted by atomic mass is 16.5. The third-order valence-electron chi connectivity index (χ3n) is 1.77. The van der Waals surface area contributed by atoms with E-state index in [4.69, 9.17) is 9.47 Å². The molecule has 16 heavy (non-hydrogen) atoms. The number of aromatic nitrogens is 1. The minimum Gasteiger partial charge on any atom is -0.459 e. The summed E-state index contributed by atoms with van der Waals surface area (Å²) in [6, 6.07) is 3.27. The van der Waals surface area contributed by atoms with E-state index in [1.54, 1.807) is 19.1 Å². The predicted octanol–water partition coefficient (Wildman–Crippen LogP) is 1.38. The number of rotatable bonds is 3. The number of carbonyl (C=O) groups is 2. The molecule has 0 saturated carbocycles. The van der Waals surface area contributed by atoms with E-state index in [2.05, 4.69) is 4.98 Å². The van der Waals surface area contributed by atoms with Gasteiger partial charge in [0.1, 0.15) is 6.61 Å². The zero-order valence-corrected chi connectivity index (χ0v) is 9.44. The smallest absolute Gasteiger partial charge is 0.308 e. The molecule has 0 aliphatic carbocycles. The molecule has 0 aliphatic heterocycles. The van der Waals surface area contributed by atoms with E-state index in [1.807, 2.05) is 0 Å². The van der Waals surface area contributed by atoms with Crippen LogP contribution < -0.4 is 4.74 Å². The second-order valence-electron chi connectivity index (χ2n) is 3.26. The molecule has 1 heterocycles. The zero-order valence-electron chi connectivity index (χ0n) is 9.44. The molecule has 0 spiro atoms.